The van der Waals surface area contributed by atoms with Crippen molar-refractivity contribution in [1.82, 2.24) is 0 Å². The SMILES string of the molecule is CC/C=C\C/C=C\C/C=C\C/C=C\C/C=C\C/C=C\C/C=C\C/C=C\C/C=C\C/C=C\C/C=C\C/C=C\CCCCC(=O)OC(COC(=O)CCCCCCC/C=C\C/C=C\C/C=C\C/C=C\C/C=C\C/C=C\C/C=C\C/C=C\C/C=C\CC)COC(OCC[N+](C)(C)C)C(=O)[O-]. The van der Waals surface area contributed by atoms with Crippen LogP contribution in [0, 0.1) is 0 Å². The second-order valence-electron chi connectivity index (χ2n) is 24.4. The minimum absolute atomic E-state index is 0.120. The molecule has 0 saturated carbocycles. The number of aliphatic carboxylic acids is 1. The Morgan fingerprint density at radius 1 is 0.309 bits per heavy atom. The highest BCUT2D eigenvalue weighted by atomic mass is 16.7. The summed E-state index contributed by atoms with van der Waals surface area (Å²) in [6.45, 7) is 4.40. The molecule has 0 N–H and O–H groups in total. The maximum Gasteiger partial charge on any atom is 0.306 e. The van der Waals surface area contributed by atoms with Crippen molar-refractivity contribution in [2.45, 2.75) is 232 Å². The first-order chi connectivity index (χ1) is 47.6. The van der Waals surface area contributed by atoms with Gasteiger partial charge in [-0.05, 0) is 173 Å². The maximum atomic E-state index is 12.9. The van der Waals surface area contributed by atoms with Gasteiger partial charge in [0, 0.05) is 12.8 Å². The van der Waals surface area contributed by atoms with Gasteiger partial charge in [0.1, 0.15) is 13.2 Å². The Hall–Kier alpha value is -7.17. The lowest BCUT2D eigenvalue weighted by atomic mass is 10.1. The molecule has 0 aromatic heterocycles. The van der Waals surface area contributed by atoms with E-state index in [1.165, 1.54) is 0 Å². The minimum atomic E-state index is -1.66. The number of carboxylic acid groups (broad SMARTS) is 1. The number of carboxylic acids is 1. The third kappa shape index (κ3) is 76.1. The van der Waals surface area contributed by atoms with Crippen LogP contribution in [0.3, 0.4) is 0 Å². The molecule has 0 fully saturated rings. The van der Waals surface area contributed by atoms with Gasteiger partial charge in [0.25, 0.3) is 0 Å². The average molecular weight is 1330 g/mol. The van der Waals surface area contributed by atoms with Gasteiger partial charge in [0.2, 0.25) is 0 Å². The summed E-state index contributed by atoms with van der Waals surface area (Å²) in [6, 6.07) is 0. The molecule has 0 aliphatic rings. The van der Waals surface area contributed by atoms with Crippen LogP contribution in [0.5, 0.6) is 0 Å². The molecule has 0 radical (unpaired) electrons. The van der Waals surface area contributed by atoms with Gasteiger partial charge in [-0.25, -0.2) is 0 Å². The fourth-order valence-corrected chi connectivity index (χ4v) is 8.74. The fourth-order valence-electron chi connectivity index (χ4n) is 8.74. The van der Waals surface area contributed by atoms with E-state index in [0.717, 1.165) is 180 Å². The van der Waals surface area contributed by atoms with Crippen molar-refractivity contribution in [2.24, 2.45) is 0 Å². The van der Waals surface area contributed by atoms with Crippen LogP contribution in [-0.4, -0.2) is 82.3 Å². The summed E-state index contributed by atoms with van der Waals surface area (Å²) in [7, 11) is 5.89. The number of nitrogens with zero attached hydrogens (tertiary/aromatic N) is 1. The number of ether oxygens (including phenoxy) is 4. The lowest BCUT2D eigenvalue weighted by Crippen LogP contribution is -2.44. The molecule has 0 spiro atoms. The molecule has 0 heterocycles. The van der Waals surface area contributed by atoms with Gasteiger partial charge in [-0.3, -0.25) is 9.59 Å². The van der Waals surface area contributed by atoms with Crippen molar-refractivity contribution in [1.29, 1.82) is 0 Å². The van der Waals surface area contributed by atoms with Gasteiger partial charge >= 0.3 is 11.9 Å². The van der Waals surface area contributed by atoms with E-state index in [0.29, 0.717) is 23.9 Å². The number of hydrogen-bond donors (Lipinski definition) is 0. The second kappa shape index (κ2) is 74.6. The molecule has 9 heteroatoms. The number of carbonyl (C=O) groups is 3. The van der Waals surface area contributed by atoms with Gasteiger partial charge in [-0.15, -0.1) is 0 Å². The van der Waals surface area contributed by atoms with Crippen molar-refractivity contribution in [2.75, 3.05) is 47.5 Å². The van der Waals surface area contributed by atoms with Crippen LogP contribution in [0.4, 0.5) is 0 Å². The van der Waals surface area contributed by atoms with Gasteiger partial charge in [0.15, 0.2) is 12.4 Å². The van der Waals surface area contributed by atoms with Crippen molar-refractivity contribution in [3.8, 4) is 0 Å². The van der Waals surface area contributed by atoms with Crippen LogP contribution >= 0.6 is 0 Å². The van der Waals surface area contributed by atoms with Crippen molar-refractivity contribution >= 4 is 17.9 Å². The van der Waals surface area contributed by atoms with Crippen molar-refractivity contribution in [3.63, 3.8) is 0 Å². The molecule has 0 rings (SSSR count). The lowest BCUT2D eigenvalue weighted by molar-refractivity contribution is -0.870. The molecule has 536 valence electrons. The summed E-state index contributed by atoms with van der Waals surface area (Å²) in [6.07, 6.45) is 119. The van der Waals surface area contributed by atoms with E-state index >= 15 is 0 Å². The zero-order chi connectivity index (χ0) is 70.4. The van der Waals surface area contributed by atoms with E-state index < -0.39 is 30.3 Å². The number of quaternary nitrogens is 1. The van der Waals surface area contributed by atoms with Crippen molar-refractivity contribution in [3.05, 3.63) is 255 Å². The third-order valence-corrected chi connectivity index (χ3v) is 14.3. The van der Waals surface area contributed by atoms with E-state index in [9.17, 15) is 19.5 Å². The Balaban J connectivity index is 4.34. The number of esters is 2. The molecule has 2 unspecified atom stereocenters. The Morgan fingerprint density at radius 3 is 0.845 bits per heavy atom. The number of allylic oxidation sites excluding steroid dienone is 42. The second-order valence-corrected chi connectivity index (χ2v) is 24.4. The first-order valence-corrected chi connectivity index (χ1v) is 36.8. The van der Waals surface area contributed by atoms with E-state index in [1.807, 2.05) is 21.1 Å². The number of unbranched alkanes of at least 4 members (excludes halogenated alkanes) is 7. The molecule has 0 aliphatic heterocycles. The van der Waals surface area contributed by atoms with Crippen LogP contribution in [0.2, 0.25) is 0 Å². The molecule has 0 amide bonds. The highest BCUT2D eigenvalue weighted by molar-refractivity contribution is 5.70. The van der Waals surface area contributed by atoms with E-state index in [4.69, 9.17) is 18.9 Å². The van der Waals surface area contributed by atoms with E-state index in [-0.39, 0.29) is 32.7 Å². The quantitative estimate of drug-likeness (QED) is 0.0195. The zero-order valence-corrected chi connectivity index (χ0v) is 61.1. The number of carbonyl (C=O) groups excluding carboxylic acids is 3. The molecule has 97 heavy (non-hydrogen) atoms. The Bertz CT molecular complexity index is 2550. The summed E-state index contributed by atoms with van der Waals surface area (Å²) in [4.78, 5) is 37.5. The molecule has 0 aromatic rings. The van der Waals surface area contributed by atoms with Gasteiger partial charge < -0.3 is 33.3 Å². The highest BCUT2D eigenvalue weighted by Crippen LogP contribution is 2.12. The average Bonchev–Trinajstić information content (AvgIpc) is 2.39. The summed E-state index contributed by atoms with van der Waals surface area (Å²) < 4.78 is 22.7. The van der Waals surface area contributed by atoms with Crippen molar-refractivity contribution < 1.29 is 42.9 Å². The molecule has 9 nitrogen and oxygen atoms in total. The normalized spacial score (nSPS) is 14.2. The van der Waals surface area contributed by atoms with Crippen LogP contribution in [-0.2, 0) is 33.3 Å². The summed E-state index contributed by atoms with van der Waals surface area (Å²) in [5, 5.41) is 11.8. The molecule has 2 atom stereocenters. The first kappa shape index (κ1) is 89.8. The lowest BCUT2D eigenvalue weighted by Gasteiger charge is -2.26. The Labute approximate surface area is 592 Å². The molecule has 0 saturated heterocycles. The summed E-state index contributed by atoms with van der Waals surface area (Å²) >= 11 is 0. The standard InChI is InChI=1S/C88H131NO8/c1-6-8-10-12-14-16-18-20-22-24-26-28-30-32-34-36-38-40-41-42-43-44-45-47-49-51-53-55-57-59-61-63-65-67-69-71-73-75-77-79-86(91)97-84(83-96-88(87(92)93)94-81-80-89(3,4)5)82-95-85(90)78-76-74-72-70-68-66-64-62-60-58-56-54-52-50-48-46-39-37-35-33-31-29-27-25-23-21-19-17-15-13-11-9-7-2/h8-11,14-17,20-23,26-29,32-35,38-40,42-43,45-47,50-53,56-59,62-65,69,71,84,88H,6-7,12-13,18-19,24-25,30-31,36-37,41,44,48-49,54-55,60-61,66-68,70,72-83H2,1-5H3/b10-8-,11-9-,16-14-,17-15-,22-20-,23-21-,28-26-,29-27-,34-32-,35-33-,40-38-,43-42-,46-39-,47-45-,52-50-,53-51-,58-56-,59-57-,64-62-,65-63-,71-69-. The minimum Gasteiger partial charge on any atom is -0.545 e. The molecule has 0 aromatic carbocycles. The topological polar surface area (TPSA) is 111 Å². The fraction of sp³-hybridized carbons (Fsp3) is 0.489. The van der Waals surface area contributed by atoms with Crippen LogP contribution < -0.4 is 5.11 Å². The largest absolute Gasteiger partial charge is 0.545 e. The summed E-state index contributed by atoms with van der Waals surface area (Å²) in [5.41, 5.74) is 0. The Kier molecular flexibility index (Phi) is 69.1. The maximum absolute atomic E-state index is 12.9. The molecular weight excluding hydrogens is 1200 g/mol. The molecular formula is C88H131NO8. The van der Waals surface area contributed by atoms with Gasteiger partial charge in [0.05, 0.1) is 40.3 Å². The van der Waals surface area contributed by atoms with Crippen LogP contribution in [0.25, 0.3) is 0 Å². The van der Waals surface area contributed by atoms with E-state index in [2.05, 4.69) is 269 Å². The predicted octanol–water partition coefficient (Wildman–Crippen LogP) is 22.5. The zero-order valence-electron chi connectivity index (χ0n) is 61.1. The monoisotopic (exact) mass is 1330 g/mol. The Morgan fingerprint density at radius 2 is 0.557 bits per heavy atom. The third-order valence-electron chi connectivity index (χ3n) is 14.3. The van der Waals surface area contributed by atoms with Crippen LogP contribution in [0.1, 0.15) is 219 Å². The van der Waals surface area contributed by atoms with Gasteiger partial charge in [-0.2, -0.15) is 0 Å². The van der Waals surface area contributed by atoms with Gasteiger partial charge in [-0.1, -0.05) is 288 Å². The number of rotatable bonds is 64. The van der Waals surface area contributed by atoms with Crippen LogP contribution in [0.15, 0.2) is 255 Å². The molecule has 0 bridgehead atoms. The number of likely N-dealkylation sites (N-methyl/N-ethyl adjacent to an activating group) is 1. The summed E-state index contributed by atoms with van der Waals surface area (Å²) in [5.74, 6) is -2.41. The smallest absolute Gasteiger partial charge is 0.306 e. The highest BCUT2D eigenvalue weighted by Gasteiger charge is 2.22. The predicted molar refractivity (Wildman–Crippen MR) is 415 cm³/mol. The first-order valence-electron chi connectivity index (χ1n) is 36.8. The number of hydrogen-bond acceptors (Lipinski definition) is 8. The molecule has 0 aliphatic carbocycles. The van der Waals surface area contributed by atoms with E-state index in [1.54, 1.807) is 0 Å².